The van der Waals surface area contributed by atoms with Gasteiger partial charge in [0.1, 0.15) is 17.4 Å². The zero-order chi connectivity index (χ0) is 23.5. The highest BCUT2D eigenvalue weighted by molar-refractivity contribution is 7.99. The minimum atomic E-state index is -0.224. The highest BCUT2D eigenvalue weighted by atomic mass is 35.5. The predicted octanol–water partition coefficient (Wildman–Crippen LogP) is 3.04. The number of carbonyl (C=O) groups excluding carboxylic acids is 1. The average molecular weight is 483 g/mol. The lowest BCUT2D eigenvalue weighted by Crippen LogP contribution is -2.23. The van der Waals surface area contributed by atoms with E-state index in [9.17, 15) is 9.59 Å². The van der Waals surface area contributed by atoms with Crippen LogP contribution in [0.15, 0.2) is 57.4 Å². The molecular weight excluding hydrogens is 460 g/mol. The number of benzene rings is 1. The number of pyridine rings is 1. The molecule has 0 radical (unpaired) electrons. The Kier molecular flexibility index (Phi) is 6.80. The summed E-state index contributed by atoms with van der Waals surface area (Å²) in [6.45, 7) is 4.19. The molecule has 0 aliphatic carbocycles. The molecule has 10 heteroatoms. The van der Waals surface area contributed by atoms with Crippen LogP contribution in [0.25, 0.3) is 5.65 Å². The Labute approximate surface area is 200 Å². The Hall–Kier alpha value is -3.17. The van der Waals surface area contributed by atoms with Gasteiger partial charge >= 0.3 is 0 Å². The smallest absolute Gasteiger partial charge is 0.261 e. The maximum absolute atomic E-state index is 13.1. The Morgan fingerprint density at radius 2 is 1.97 bits per heavy atom. The van der Waals surface area contributed by atoms with Crippen molar-refractivity contribution in [1.82, 2.24) is 29.5 Å². The fourth-order valence-corrected chi connectivity index (χ4v) is 4.46. The maximum Gasteiger partial charge on any atom is 0.261 e. The summed E-state index contributed by atoms with van der Waals surface area (Å²) in [5.41, 5.74) is 3.80. The van der Waals surface area contributed by atoms with Gasteiger partial charge in [-0.25, -0.2) is 4.98 Å². The van der Waals surface area contributed by atoms with Gasteiger partial charge in [0.05, 0.1) is 0 Å². The lowest BCUT2D eigenvalue weighted by molar-refractivity contribution is -0.118. The molecule has 4 rings (SSSR count). The van der Waals surface area contributed by atoms with Gasteiger partial charge in [-0.1, -0.05) is 18.2 Å². The molecule has 8 nitrogen and oxygen atoms in total. The van der Waals surface area contributed by atoms with Crippen molar-refractivity contribution in [3.05, 3.63) is 81.2 Å². The number of aromatic nitrogens is 5. The van der Waals surface area contributed by atoms with Crippen LogP contribution in [0.4, 0.5) is 0 Å². The Balaban J connectivity index is 1.60. The zero-order valence-corrected chi connectivity index (χ0v) is 20.1. The predicted molar refractivity (Wildman–Crippen MR) is 128 cm³/mol. The van der Waals surface area contributed by atoms with Gasteiger partial charge < -0.3 is 9.88 Å². The first-order valence-corrected chi connectivity index (χ1v) is 11.7. The van der Waals surface area contributed by atoms with Crippen molar-refractivity contribution in [2.24, 2.45) is 7.05 Å². The molecule has 4 aromatic rings. The normalized spacial score (nSPS) is 11.2. The van der Waals surface area contributed by atoms with E-state index in [-0.39, 0.29) is 17.3 Å². The Bertz CT molecular complexity index is 1400. The van der Waals surface area contributed by atoms with E-state index in [1.54, 1.807) is 10.6 Å². The van der Waals surface area contributed by atoms with Crippen LogP contribution in [0.5, 0.6) is 0 Å². The molecule has 0 unspecified atom stereocenters. The van der Waals surface area contributed by atoms with Crippen LogP contribution in [0.2, 0.25) is 0 Å². The number of halogens is 1. The molecule has 0 aliphatic rings. The lowest BCUT2D eigenvalue weighted by atomic mass is 10.1. The first kappa shape index (κ1) is 23.0. The van der Waals surface area contributed by atoms with E-state index in [0.29, 0.717) is 40.9 Å². The molecule has 0 saturated heterocycles. The van der Waals surface area contributed by atoms with Crippen molar-refractivity contribution in [1.29, 1.82) is 0 Å². The standard InChI is InChI=1S/C23H23ClN6O2S/c1-14-8-9-30-19(10-14)26-15(2)17(22(30)32)11-20-27-28-23(29(20)3)33-18-7-5-4-6-16(18)13-25-21(31)12-24/h4-10H,11-13H2,1-3H3,(H,25,31). The number of hydrogen-bond acceptors (Lipinski definition) is 6. The molecule has 0 aliphatic heterocycles. The summed E-state index contributed by atoms with van der Waals surface area (Å²) in [4.78, 5) is 30.2. The van der Waals surface area contributed by atoms with Crippen LogP contribution in [0.1, 0.15) is 28.2 Å². The highest BCUT2D eigenvalue weighted by Gasteiger charge is 2.17. The van der Waals surface area contributed by atoms with Gasteiger partial charge in [0.25, 0.3) is 5.56 Å². The number of fused-ring (bicyclic) bond motifs is 1. The molecule has 3 heterocycles. The number of hydrogen-bond donors (Lipinski definition) is 1. The van der Waals surface area contributed by atoms with Crippen LogP contribution in [0, 0.1) is 13.8 Å². The number of amides is 1. The van der Waals surface area contributed by atoms with Gasteiger partial charge in [-0.15, -0.1) is 21.8 Å². The third-order valence-corrected chi connectivity index (χ3v) is 6.72. The van der Waals surface area contributed by atoms with Crippen LogP contribution in [-0.4, -0.2) is 35.9 Å². The number of alkyl halides is 1. The van der Waals surface area contributed by atoms with Crippen molar-refractivity contribution >= 4 is 34.9 Å². The summed E-state index contributed by atoms with van der Waals surface area (Å²) >= 11 is 7.02. The van der Waals surface area contributed by atoms with Crippen molar-refractivity contribution in [2.75, 3.05) is 5.88 Å². The second-order valence-corrected chi connectivity index (χ2v) is 8.94. The van der Waals surface area contributed by atoms with Crippen LogP contribution in [0.3, 0.4) is 0 Å². The molecule has 1 N–H and O–H groups in total. The van der Waals surface area contributed by atoms with E-state index < -0.39 is 0 Å². The number of carbonyl (C=O) groups is 1. The zero-order valence-electron chi connectivity index (χ0n) is 18.5. The molecule has 33 heavy (non-hydrogen) atoms. The number of nitrogens with zero attached hydrogens (tertiary/aromatic N) is 5. The molecule has 3 aromatic heterocycles. The molecule has 0 saturated carbocycles. The van der Waals surface area contributed by atoms with Gasteiger partial charge in [0.2, 0.25) is 5.91 Å². The maximum atomic E-state index is 13.1. The van der Waals surface area contributed by atoms with Crippen molar-refractivity contribution in [3.8, 4) is 0 Å². The lowest BCUT2D eigenvalue weighted by Gasteiger charge is -2.10. The minimum Gasteiger partial charge on any atom is -0.351 e. The third-order valence-electron chi connectivity index (χ3n) is 5.32. The highest BCUT2D eigenvalue weighted by Crippen LogP contribution is 2.29. The summed E-state index contributed by atoms with van der Waals surface area (Å²) in [6.07, 6.45) is 2.08. The first-order valence-electron chi connectivity index (χ1n) is 10.3. The van der Waals surface area contributed by atoms with Crippen molar-refractivity contribution < 1.29 is 4.79 Å². The molecular formula is C23H23ClN6O2S. The van der Waals surface area contributed by atoms with Gasteiger partial charge in [0.15, 0.2) is 5.16 Å². The second-order valence-electron chi connectivity index (χ2n) is 7.67. The molecule has 0 fully saturated rings. The van der Waals surface area contributed by atoms with Crippen LogP contribution in [-0.2, 0) is 24.8 Å². The third kappa shape index (κ3) is 4.94. The number of aryl methyl sites for hydroxylation is 2. The summed E-state index contributed by atoms with van der Waals surface area (Å²) in [7, 11) is 1.88. The van der Waals surface area contributed by atoms with Crippen LogP contribution < -0.4 is 10.9 Å². The summed E-state index contributed by atoms with van der Waals surface area (Å²) < 4.78 is 3.44. The van der Waals surface area contributed by atoms with Gasteiger partial charge in [-0.05, 0) is 54.9 Å². The Morgan fingerprint density at radius 3 is 2.76 bits per heavy atom. The SMILES string of the molecule is Cc1ccn2c(=O)c(Cc3nnc(Sc4ccccc4CNC(=O)CCl)n3C)c(C)nc2c1. The van der Waals surface area contributed by atoms with Gasteiger partial charge in [-0.3, -0.25) is 14.0 Å². The van der Waals surface area contributed by atoms with Gasteiger partial charge in [-0.2, -0.15) is 0 Å². The first-order chi connectivity index (χ1) is 15.9. The fraction of sp³-hybridized carbons (Fsp3) is 0.261. The molecule has 1 aromatic carbocycles. The minimum absolute atomic E-state index is 0.0788. The Morgan fingerprint density at radius 1 is 1.18 bits per heavy atom. The molecule has 0 atom stereocenters. The summed E-state index contributed by atoms with van der Waals surface area (Å²) in [6, 6.07) is 11.5. The summed E-state index contributed by atoms with van der Waals surface area (Å²) in [5, 5.41) is 12.1. The summed E-state index contributed by atoms with van der Waals surface area (Å²) in [5.74, 6) is 0.364. The van der Waals surface area contributed by atoms with E-state index in [0.717, 1.165) is 16.0 Å². The van der Waals surface area contributed by atoms with Crippen molar-refractivity contribution in [2.45, 2.75) is 36.9 Å². The number of nitrogens with one attached hydrogen (secondary N) is 1. The average Bonchev–Trinajstić information content (AvgIpc) is 3.14. The second kappa shape index (κ2) is 9.76. The van der Waals surface area contributed by atoms with Gasteiger partial charge in [0, 0.05) is 42.4 Å². The van der Waals surface area contributed by atoms with Crippen LogP contribution >= 0.6 is 23.4 Å². The monoisotopic (exact) mass is 482 g/mol. The van der Waals surface area contributed by atoms with E-state index in [1.807, 2.05) is 61.9 Å². The topological polar surface area (TPSA) is 94.2 Å². The number of rotatable bonds is 7. The fourth-order valence-electron chi connectivity index (χ4n) is 3.43. The molecule has 0 bridgehead atoms. The largest absolute Gasteiger partial charge is 0.351 e. The molecule has 1 amide bonds. The van der Waals surface area contributed by atoms with Crippen molar-refractivity contribution in [3.63, 3.8) is 0 Å². The quantitative estimate of drug-likeness (QED) is 0.407. The van der Waals surface area contributed by atoms with E-state index in [4.69, 9.17) is 11.6 Å². The molecule has 170 valence electrons. The van der Waals surface area contributed by atoms with E-state index in [2.05, 4.69) is 20.5 Å². The molecule has 0 spiro atoms. The van der Waals surface area contributed by atoms with E-state index in [1.165, 1.54) is 11.8 Å². The van der Waals surface area contributed by atoms with E-state index >= 15 is 0 Å².